The van der Waals surface area contributed by atoms with Gasteiger partial charge in [0.05, 0.1) is 11.4 Å². The third kappa shape index (κ3) is 4.51. The number of aryl methyl sites for hydroxylation is 3. The second kappa shape index (κ2) is 8.53. The minimum Gasteiger partial charge on any atom is -0.316 e. The molecular formula is C24H22FN3S. The zero-order valence-corrected chi connectivity index (χ0v) is 17.3. The number of pyridine rings is 1. The Kier molecular flexibility index (Phi) is 5.67. The van der Waals surface area contributed by atoms with E-state index in [-0.39, 0.29) is 5.82 Å². The van der Waals surface area contributed by atoms with Gasteiger partial charge in [-0.25, -0.2) is 9.38 Å². The molecule has 2 aromatic carbocycles. The summed E-state index contributed by atoms with van der Waals surface area (Å²) in [7, 11) is 0. The highest BCUT2D eigenvalue weighted by atomic mass is 32.1. The standard InChI is InChI=1S/C24H22FN3S/c1-17-13-18(2)15-20(14-17)27-24-28(12-10-19-7-5-6-11-26-19)23(16-29-24)21-8-3-4-9-22(21)25/h3-9,11,13-16H,10,12H2,1-2H3. The molecular weight excluding hydrogens is 381 g/mol. The molecule has 0 radical (unpaired) electrons. The highest BCUT2D eigenvalue weighted by Gasteiger charge is 2.12. The Morgan fingerprint density at radius 1 is 1.00 bits per heavy atom. The lowest BCUT2D eigenvalue weighted by Crippen LogP contribution is -2.18. The molecule has 0 atom stereocenters. The topological polar surface area (TPSA) is 30.2 Å². The SMILES string of the molecule is Cc1cc(C)cc(N=c2scc(-c3ccccc3F)n2CCc2ccccn2)c1. The van der Waals surface area contributed by atoms with E-state index in [1.54, 1.807) is 12.3 Å². The zero-order chi connectivity index (χ0) is 20.2. The highest BCUT2D eigenvalue weighted by Crippen LogP contribution is 2.24. The molecule has 0 N–H and O–H groups in total. The molecule has 0 aliphatic heterocycles. The molecule has 146 valence electrons. The van der Waals surface area contributed by atoms with E-state index in [1.165, 1.54) is 28.5 Å². The highest BCUT2D eigenvalue weighted by molar-refractivity contribution is 7.07. The van der Waals surface area contributed by atoms with Crippen LogP contribution in [0.1, 0.15) is 16.8 Å². The number of halogens is 1. The van der Waals surface area contributed by atoms with Gasteiger partial charge in [-0.2, -0.15) is 0 Å². The van der Waals surface area contributed by atoms with E-state index in [0.29, 0.717) is 12.1 Å². The molecule has 3 nitrogen and oxygen atoms in total. The Morgan fingerprint density at radius 3 is 2.48 bits per heavy atom. The number of aromatic nitrogens is 2. The second-order valence-electron chi connectivity index (χ2n) is 7.06. The van der Waals surface area contributed by atoms with Crippen molar-refractivity contribution < 1.29 is 4.39 Å². The second-order valence-corrected chi connectivity index (χ2v) is 7.90. The van der Waals surface area contributed by atoms with Gasteiger partial charge in [-0.15, -0.1) is 11.3 Å². The molecule has 2 aromatic heterocycles. The van der Waals surface area contributed by atoms with Crippen molar-refractivity contribution in [2.45, 2.75) is 26.8 Å². The molecule has 0 fully saturated rings. The third-order valence-electron chi connectivity index (χ3n) is 4.70. The van der Waals surface area contributed by atoms with Gasteiger partial charge in [0, 0.05) is 35.8 Å². The smallest absolute Gasteiger partial charge is 0.190 e. The maximum absolute atomic E-state index is 14.5. The maximum atomic E-state index is 14.5. The monoisotopic (exact) mass is 403 g/mol. The van der Waals surface area contributed by atoms with E-state index in [2.05, 4.69) is 41.6 Å². The number of thiazole rings is 1. The van der Waals surface area contributed by atoms with E-state index in [0.717, 1.165) is 28.3 Å². The van der Waals surface area contributed by atoms with Crippen LogP contribution in [-0.2, 0) is 13.0 Å². The van der Waals surface area contributed by atoms with Crippen LogP contribution in [0.2, 0.25) is 0 Å². The van der Waals surface area contributed by atoms with Crippen molar-refractivity contribution >= 4 is 17.0 Å². The van der Waals surface area contributed by atoms with Crippen LogP contribution in [0.4, 0.5) is 10.1 Å². The summed E-state index contributed by atoms with van der Waals surface area (Å²) in [5, 5.41) is 1.98. The average Bonchev–Trinajstić information content (AvgIpc) is 3.09. The van der Waals surface area contributed by atoms with E-state index < -0.39 is 0 Å². The minimum absolute atomic E-state index is 0.227. The summed E-state index contributed by atoms with van der Waals surface area (Å²) in [6.07, 6.45) is 2.55. The van der Waals surface area contributed by atoms with Gasteiger partial charge in [0.25, 0.3) is 0 Å². The van der Waals surface area contributed by atoms with Crippen LogP contribution in [0.3, 0.4) is 0 Å². The first-order valence-electron chi connectivity index (χ1n) is 9.56. The van der Waals surface area contributed by atoms with Crippen molar-refractivity contribution in [3.8, 4) is 11.3 Å². The van der Waals surface area contributed by atoms with Gasteiger partial charge in [0.1, 0.15) is 5.82 Å². The van der Waals surface area contributed by atoms with Crippen LogP contribution in [0, 0.1) is 19.7 Å². The fourth-order valence-electron chi connectivity index (χ4n) is 3.42. The molecule has 29 heavy (non-hydrogen) atoms. The van der Waals surface area contributed by atoms with Gasteiger partial charge in [0.15, 0.2) is 4.80 Å². The molecule has 0 saturated heterocycles. The van der Waals surface area contributed by atoms with Crippen molar-refractivity contribution in [1.29, 1.82) is 0 Å². The van der Waals surface area contributed by atoms with E-state index in [4.69, 9.17) is 4.99 Å². The lowest BCUT2D eigenvalue weighted by Gasteiger charge is -2.10. The molecule has 0 saturated carbocycles. The Morgan fingerprint density at radius 2 is 1.76 bits per heavy atom. The number of hydrogen-bond donors (Lipinski definition) is 0. The van der Waals surface area contributed by atoms with Crippen molar-refractivity contribution in [2.75, 3.05) is 0 Å². The Balaban J connectivity index is 1.80. The van der Waals surface area contributed by atoms with Gasteiger partial charge in [-0.3, -0.25) is 4.98 Å². The number of rotatable bonds is 5. The fourth-order valence-corrected chi connectivity index (χ4v) is 4.36. The van der Waals surface area contributed by atoms with Gasteiger partial charge in [-0.1, -0.05) is 24.3 Å². The summed E-state index contributed by atoms with van der Waals surface area (Å²) in [5.74, 6) is -0.227. The van der Waals surface area contributed by atoms with Crippen LogP contribution in [0.25, 0.3) is 11.3 Å². The van der Waals surface area contributed by atoms with Crippen molar-refractivity contribution in [1.82, 2.24) is 9.55 Å². The first-order chi connectivity index (χ1) is 14.1. The largest absolute Gasteiger partial charge is 0.316 e. The van der Waals surface area contributed by atoms with E-state index in [1.807, 2.05) is 35.7 Å². The Hall–Kier alpha value is -3.05. The summed E-state index contributed by atoms with van der Waals surface area (Å²) >= 11 is 1.53. The molecule has 0 amide bonds. The van der Waals surface area contributed by atoms with Crippen LogP contribution < -0.4 is 4.80 Å². The average molecular weight is 404 g/mol. The first kappa shape index (κ1) is 19.3. The molecule has 0 aliphatic rings. The quantitative estimate of drug-likeness (QED) is 0.411. The summed E-state index contributed by atoms with van der Waals surface area (Å²) < 4.78 is 16.6. The maximum Gasteiger partial charge on any atom is 0.190 e. The molecule has 0 spiro atoms. The van der Waals surface area contributed by atoms with Gasteiger partial charge in [0.2, 0.25) is 0 Å². The fraction of sp³-hybridized carbons (Fsp3) is 0.167. The molecule has 4 rings (SSSR count). The number of benzene rings is 2. The first-order valence-corrected chi connectivity index (χ1v) is 10.4. The van der Waals surface area contributed by atoms with Crippen LogP contribution in [-0.4, -0.2) is 9.55 Å². The normalized spacial score (nSPS) is 11.8. The van der Waals surface area contributed by atoms with E-state index >= 15 is 0 Å². The van der Waals surface area contributed by atoms with Crippen LogP contribution in [0.5, 0.6) is 0 Å². The molecule has 4 aromatic rings. The van der Waals surface area contributed by atoms with Crippen LogP contribution >= 0.6 is 11.3 Å². The Bertz CT molecular complexity index is 1170. The predicted octanol–water partition coefficient (Wildman–Crippen LogP) is 5.84. The summed E-state index contributed by atoms with van der Waals surface area (Å²) in [4.78, 5) is 10.2. The van der Waals surface area contributed by atoms with Crippen molar-refractivity contribution in [2.24, 2.45) is 4.99 Å². The van der Waals surface area contributed by atoms with Crippen molar-refractivity contribution in [3.63, 3.8) is 0 Å². The molecule has 0 unspecified atom stereocenters. The minimum atomic E-state index is -0.227. The molecule has 5 heteroatoms. The summed E-state index contributed by atoms with van der Waals surface area (Å²) in [6, 6.07) is 19.1. The molecule has 2 heterocycles. The zero-order valence-electron chi connectivity index (χ0n) is 16.5. The van der Waals surface area contributed by atoms with Gasteiger partial charge < -0.3 is 4.57 Å². The molecule has 0 aliphatic carbocycles. The van der Waals surface area contributed by atoms with Crippen LogP contribution in [0.15, 0.2) is 77.2 Å². The summed E-state index contributed by atoms with van der Waals surface area (Å²) in [5.41, 5.74) is 5.70. The van der Waals surface area contributed by atoms with Gasteiger partial charge in [-0.05, 0) is 61.4 Å². The van der Waals surface area contributed by atoms with Crippen molar-refractivity contribution in [3.05, 3.63) is 99.7 Å². The number of nitrogens with zero attached hydrogens (tertiary/aromatic N) is 3. The third-order valence-corrected chi connectivity index (χ3v) is 5.56. The molecule has 0 bridgehead atoms. The Labute approximate surface area is 173 Å². The van der Waals surface area contributed by atoms with Gasteiger partial charge >= 0.3 is 0 Å². The lowest BCUT2D eigenvalue weighted by molar-refractivity contribution is 0.623. The summed E-state index contributed by atoms with van der Waals surface area (Å²) in [6.45, 7) is 4.81. The van der Waals surface area contributed by atoms with E-state index in [9.17, 15) is 4.39 Å². The lowest BCUT2D eigenvalue weighted by atomic mass is 10.1. The predicted molar refractivity (Wildman–Crippen MR) is 117 cm³/mol. The number of hydrogen-bond acceptors (Lipinski definition) is 3.